The Morgan fingerprint density at radius 2 is 1.73 bits per heavy atom. The van der Waals surface area contributed by atoms with Crippen molar-refractivity contribution in [3.63, 3.8) is 0 Å². The minimum Gasteiger partial charge on any atom is -0.357 e. The molecule has 1 aliphatic carbocycles. The smallest absolute Gasteiger partial charge is 0.0832 e. The van der Waals surface area contributed by atoms with Gasteiger partial charge in [-0.1, -0.05) is 79.6 Å². The van der Waals surface area contributed by atoms with E-state index in [2.05, 4.69) is 96.0 Å². The monoisotopic (exact) mass is 382 g/mol. The lowest BCUT2D eigenvalue weighted by Gasteiger charge is -2.49. The molecule has 0 bridgehead atoms. The molecular formula is C23H28NS2+. The van der Waals surface area contributed by atoms with Gasteiger partial charge in [0.15, 0.2) is 0 Å². The molecule has 3 heteroatoms. The molecule has 2 aromatic rings. The average Bonchev–Trinajstić information content (AvgIpc) is 2.72. The Morgan fingerprint density at radius 1 is 1.00 bits per heavy atom. The van der Waals surface area contributed by atoms with Crippen molar-refractivity contribution < 1.29 is 5.73 Å². The van der Waals surface area contributed by atoms with Crippen LogP contribution in [-0.2, 0) is 0 Å². The lowest BCUT2D eigenvalue weighted by molar-refractivity contribution is -0.360. The molecule has 0 aromatic heterocycles. The number of benzene rings is 2. The fourth-order valence-electron chi connectivity index (χ4n) is 4.44. The van der Waals surface area contributed by atoms with Crippen molar-refractivity contribution in [2.24, 2.45) is 5.92 Å². The first-order valence-corrected chi connectivity index (χ1v) is 11.6. The van der Waals surface area contributed by atoms with Gasteiger partial charge in [0.1, 0.15) is 0 Å². The molecule has 0 saturated heterocycles. The number of thioether (sulfide) groups is 2. The average molecular weight is 383 g/mol. The van der Waals surface area contributed by atoms with E-state index >= 15 is 0 Å². The Morgan fingerprint density at radius 3 is 2.46 bits per heavy atom. The summed E-state index contributed by atoms with van der Waals surface area (Å²) in [5.41, 5.74) is 6.97. The van der Waals surface area contributed by atoms with Gasteiger partial charge in [-0.05, 0) is 29.9 Å². The number of rotatable bonds is 5. The summed E-state index contributed by atoms with van der Waals surface area (Å²) in [4.78, 5) is 1.47. The van der Waals surface area contributed by atoms with Gasteiger partial charge in [0, 0.05) is 16.6 Å². The van der Waals surface area contributed by atoms with E-state index < -0.39 is 0 Å². The molecule has 0 unspecified atom stereocenters. The van der Waals surface area contributed by atoms with Crippen LogP contribution in [0.4, 0.5) is 0 Å². The van der Waals surface area contributed by atoms with Crippen LogP contribution >= 0.6 is 23.5 Å². The van der Waals surface area contributed by atoms with Gasteiger partial charge in [0.05, 0.1) is 10.6 Å². The molecule has 2 aliphatic rings. The fourth-order valence-corrected chi connectivity index (χ4v) is 7.95. The Bertz CT molecular complexity index is 743. The SMILES string of the molecule is [NH3+]CCS[C@@]12CCCC[C@@H]1[C@H](c1ccccc1)C=C(c1ccccc1)S2. The van der Waals surface area contributed by atoms with Gasteiger partial charge in [-0.15, -0.1) is 23.5 Å². The van der Waals surface area contributed by atoms with Crippen LogP contribution in [0.2, 0.25) is 0 Å². The van der Waals surface area contributed by atoms with Gasteiger partial charge in [0.2, 0.25) is 0 Å². The first-order valence-electron chi connectivity index (χ1n) is 9.77. The molecule has 0 radical (unpaired) electrons. The third-order valence-corrected chi connectivity index (χ3v) is 9.17. The Hall–Kier alpha value is -1.16. The van der Waals surface area contributed by atoms with Gasteiger partial charge in [0.25, 0.3) is 0 Å². The molecule has 3 N–H and O–H groups in total. The van der Waals surface area contributed by atoms with Gasteiger partial charge in [-0.2, -0.15) is 0 Å². The van der Waals surface area contributed by atoms with Crippen LogP contribution in [0.15, 0.2) is 66.7 Å². The summed E-state index contributed by atoms with van der Waals surface area (Å²) >= 11 is 4.34. The minimum absolute atomic E-state index is 0.302. The van der Waals surface area contributed by atoms with Crippen molar-refractivity contribution in [3.8, 4) is 0 Å². The predicted octanol–water partition coefficient (Wildman–Crippen LogP) is 5.42. The largest absolute Gasteiger partial charge is 0.357 e. The normalized spacial score (nSPS) is 28.3. The molecule has 1 aliphatic heterocycles. The molecule has 136 valence electrons. The Labute approximate surface area is 165 Å². The zero-order valence-electron chi connectivity index (χ0n) is 15.3. The maximum absolute atomic E-state index is 4.11. The number of allylic oxidation sites excluding steroid dienone is 1. The van der Waals surface area contributed by atoms with Gasteiger partial charge >= 0.3 is 0 Å². The molecule has 2 aromatic carbocycles. The topological polar surface area (TPSA) is 27.6 Å². The third-order valence-electron chi connectivity index (χ3n) is 5.64. The molecule has 1 saturated carbocycles. The molecule has 1 heterocycles. The summed E-state index contributed by atoms with van der Waals surface area (Å²) in [5.74, 6) is 2.39. The van der Waals surface area contributed by atoms with E-state index in [0.29, 0.717) is 15.9 Å². The minimum atomic E-state index is 0.302. The van der Waals surface area contributed by atoms with Crippen LogP contribution in [0.1, 0.15) is 42.7 Å². The fraction of sp³-hybridized carbons (Fsp3) is 0.391. The number of fused-ring (bicyclic) bond motifs is 1. The molecule has 0 amide bonds. The first-order chi connectivity index (χ1) is 12.8. The maximum atomic E-state index is 4.11. The van der Waals surface area contributed by atoms with E-state index in [-0.39, 0.29) is 0 Å². The van der Waals surface area contributed by atoms with Crippen molar-refractivity contribution >= 4 is 28.4 Å². The molecule has 4 rings (SSSR count). The summed E-state index contributed by atoms with van der Waals surface area (Å²) in [7, 11) is 0. The Kier molecular flexibility index (Phi) is 5.78. The van der Waals surface area contributed by atoms with Crippen LogP contribution in [-0.4, -0.2) is 16.4 Å². The highest BCUT2D eigenvalue weighted by molar-refractivity contribution is 8.22. The van der Waals surface area contributed by atoms with Crippen LogP contribution in [0, 0.1) is 5.92 Å². The highest BCUT2D eigenvalue weighted by Crippen LogP contribution is 2.63. The molecular weight excluding hydrogens is 354 g/mol. The summed E-state index contributed by atoms with van der Waals surface area (Å²) in [5, 5.41) is 0. The van der Waals surface area contributed by atoms with E-state index in [9.17, 15) is 0 Å². The molecule has 3 atom stereocenters. The van der Waals surface area contributed by atoms with E-state index in [1.54, 1.807) is 0 Å². The Balaban J connectivity index is 1.79. The van der Waals surface area contributed by atoms with Crippen LogP contribution < -0.4 is 5.73 Å². The first kappa shape index (κ1) is 18.2. The number of hydrogen-bond donors (Lipinski definition) is 1. The molecule has 26 heavy (non-hydrogen) atoms. The van der Waals surface area contributed by atoms with Crippen molar-refractivity contribution in [2.45, 2.75) is 35.7 Å². The second kappa shape index (κ2) is 8.24. The summed E-state index contributed by atoms with van der Waals surface area (Å²) in [6.45, 7) is 1.01. The van der Waals surface area contributed by atoms with Crippen LogP contribution in [0.25, 0.3) is 4.91 Å². The van der Waals surface area contributed by atoms with E-state index in [4.69, 9.17) is 0 Å². The summed E-state index contributed by atoms with van der Waals surface area (Å²) < 4.78 is 0.302. The van der Waals surface area contributed by atoms with Gasteiger partial charge < -0.3 is 5.73 Å². The van der Waals surface area contributed by atoms with Crippen molar-refractivity contribution in [1.29, 1.82) is 0 Å². The molecule has 1 nitrogen and oxygen atoms in total. The van der Waals surface area contributed by atoms with E-state index in [0.717, 1.165) is 12.3 Å². The summed E-state index contributed by atoms with van der Waals surface area (Å²) in [6.07, 6.45) is 7.96. The summed E-state index contributed by atoms with van der Waals surface area (Å²) in [6, 6.07) is 22.1. The van der Waals surface area contributed by atoms with Crippen molar-refractivity contribution in [3.05, 3.63) is 77.9 Å². The lowest BCUT2D eigenvalue weighted by atomic mass is 9.75. The lowest BCUT2D eigenvalue weighted by Crippen LogP contribution is -2.52. The second-order valence-electron chi connectivity index (χ2n) is 7.30. The quantitative estimate of drug-likeness (QED) is 0.748. The van der Waals surface area contributed by atoms with Crippen molar-refractivity contribution in [1.82, 2.24) is 0 Å². The number of hydrogen-bond acceptors (Lipinski definition) is 2. The highest BCUT2D eigenvalue weighted by atomic mass is 32.2. The third kappa shape index (κ3) is 3.62. The van der Waals surface area contributed by atoms with Crippen molar-refractivity contribution in [2.75, 3.05) is 12.3 Å². The van der Waals surface area contributed by atoms with E-state index in [1.807, 2.05) is 0 Å². The van der Waals surface area contributed by atoms with Gasteiger partial charge in [-0.25, -0.2) is 0 Å². The zero-order chi connectivity index (χ0) is 17.8. The van der Waals surface area contributed by atoms with Gasteiger partial charge in [-0.3, -0.25) is 0 Å². The highest BCUT2D eigenvalue weighted by Gasteiger charge is 2.48. The number of quaternary nitrogens is 1. The van der Waals surface area contributed by atoms with E-state index in [1.165, 1.54) is 41.7 Å². The maximum Gasteiger partial charge on any atom is 0.0832 e. The van der Waals surface area contributed by atoms with Crippen LogP contribution in [0.5, 0.6) is 0 Å². The zero-order valence-corrected chi connectivity index (χ0v) is 16.9. The molecule has 1 fully saturated rings. The predicted molar refractivity (Wildman–Crippen MR) is 116 cm³/mol. The molecule has 0 spiro atoms. The standard InChI is InChI=1S/C23H27NS2/c24-15-16-25-23-14-8-7-13-21(23)20(18-9-3-1-4-10-18)17-22(26-23)19-11-5-2-6-12-19/h1-6,9-12,17,20-21H,7-8,13-16,24H2/p+1/t20-,21+,23+/m0/s1. The second-order valence-corrected chi connectivity index (χ2v) is 10.4. The van der Waals surface area contributed by atoms with Crippen LogP contribution in [0.3, 0.4) is 0 Å².